The zero-order valence-corrected chi connectivity index (χ0v) is 19.1. The van der Waals surface area contributed by atoms with Crippen LogP contribution in [0.4, 0.5) is 15.8 Å². The molecule has 0 unspecified atom stereocenters. The van der Waals surface area contributed by atoms with E-state index < -0.39 is 5.82 Å². The lowest BCUT2D eigenvalue weighted by atomic mass is 10.1. The van der Waals surface area contributed by atoms with Crippen molar-refractivity contribution in [2.24, 2.45) is 0 Å². The lowest BCUT2D eigenvalue weighted by Crippen LogP contribution is -2.54. The first-order valence-corrected chi connectivity index (χ1v) is 11.0. The number of hydrogen-bond acceptors (Lipinski definition) is 6. The number of benzene rings is 1. The highest BCUT2D eigenvalue weighted by Gasteiger charge is 2.25. The summed E-state index contributed by atoms with van der Waals surface area (Å²) in [7, 11) is 0. The first-order chi connectivity index (χ1) is 15.8. The third kappa shape index (κ3) is 3.78. The SMILES string of the molecule is Cc1cn2c(C)c(NC(=O)c3ccc(N4C[C@@H](C)N[C@@H](C)C4)c4nccnc34)cc(F)c2n1. The van der Waals surface area contributed by atoms with Gasteiger partial charge in [-0.05, 0) is 39.8 Å². The van der Waals surface area contributed by atoms with E-state index in [4.69, 9.17) is 0 Å². The number of piperazine rings is 1. The van der Waals surface area contributed by atoms with Crippen LogP contribution in [0.15, 0.2) is 36.8 Å². The monoisotopic (exact) mass is 447 g/mol. The second kappa shape index (κ2) is 8.08. The van der Waals surface area contributed by atoms with Crippen molar-refractivity contribution in [3.05, 3.63) is 59.6 Å². The molecule has 0 bridgehead atoms. The van der Waals surface area contributed by atoms with Gasteiger partial charge in [0.25, 0.3) is 5.91 Å². The van der Waals surface area contributed by atoms with Crippen molar-refractivity contribution >= 4 is 34.0 Å². The number of imidazole rings is 1. The smallest absolute Gasteiger partial charge is 0.257 e. The molecular weight excluding hydrogens is 421 g/mol. The van der Waals surface area contributed by atoms with E-state index >= 15 is 0 Å². The maximum atomic E-state index is 14.6. The number of rotatable bonds is 3. The van der Waals surface area contributed by atoms with E-state index in [0.717, 1.165) is 18.8 Å². The zero-order chi connectivity index (χ0) is 23.3. The standard InChI is InChI=1S/C24H26FN7O/c1-13-10-31(11-14(2)28-13)20-6-5-17(21-22(20)27-8-7-26-21)24(33)30-19-9-18(25)23-29-15(3)12-32(23)16(19)4/h5-9,12-14,28H,10-11H2,1-4H3,(H,30,33)/t13-,14+. The van der Waals surface area contributed by atoms with Crippen LogP contribution in [0, 0.1) is 19.7 Å². The Hall–Kier alpha value is -3.59. The summed E-state index contributed by atoms with van der Waals surface area (Å²) in [5, 5.41) is 6.38. The summed E-state index contributed by atoms with van der Waals surface area (Å²) in [6.45, 7) is 9.60. The van der Waals surface area contributed by atoms with E-state index in [9.17, 15) is 9.18 Å². The zero-order valence-electron chi connectivity index (χ0n) is 19.1. The highest BCUT2D eigenvalue weighted by molar-refractivity contribution is 6.13. The van der Waals surface area contributed by atoms with Crippen LogP contribution in [0.3, 0.4) is 0 Å². The number of hydrogen-bond donors (Lipinski definition) is 2. The Morgan fingerprint density at radius 3 is 2.55 bits per heavy atom. The van der Waals surface area contributed by atoms with Gasteiger partial charge in [0.1, 0.15) is 11.0 Å². The van der Waals surface area contributed by atoms with Gasteiger partial charge in [0.2, 0.25) is 0 Å². The van der Waals surface area contributed by atoms with Crippen LogP contribution in [0.1, 0.15) is 35.6 Å². The number of nitrogens with zero attached hydrogens (tertiary/aromatic N) is 5. The van der Waals surface area contributed by atoms with Crippen molar-refractivity contribution in [3.63, 3.8) is 0 Å². The Morgan fingerprint density at radius 1 is 1.12 bits per heavy atom. The number of carbonyl (C=O) groups excluding carboxylic acids is 1. The molecule has 1 amide bonds. The highest BCUT2D eigenvalue weighted by atomic mass is 19.1. The number of nitrogens with one attached hydrogen (secondary N) is 2. The molecule has 0 radical (unpaired) electrons. The molecule has 0 saturated carbocycles. The quantitative estimate of drug-likeness (QED) is 0.500. The lowest BCUT2D eigenvalue weighted by molar-refractivity contribution is 0.102. The Labute approximate surface area is 190 Å². The molecule has 4 heterocycles. The van der Waals surface area contributed by atoms with Crippen LogP contribution in [-0.4, -0.2) is 50.4 Å². The van der Waals surface area contributed by atoms with Gasteiger partial charge in [-0.2, -0.15) is 0 Å². The number of aromatic nitrogens is 4. The molecule has 1 fully saturated rings. The molecule has 1 saturated heterocycles. The molecule has 4 aromatic rings. The fourth-order valence-corrected chi connectivity index (χ4v) is 4.67. The minimum atomic E-state index is -0.494. The molecule has 1 aliphatic rings. The molecular formula is C24H26FN7O. The maximum Gasteiger partial charge on any atom is 0.257 e. The Morgan fingerprint density at radius 2 is 1.82 bits per heavy atom. The number of aryl methyl sites for hydroxylation is 2. The summed E-state index contributed by atoms with van der Waals surface area (Å²) >= 11 is 0. The van der Waals surface area contributed by atoms with Gasteiger partial charge in [-0.1, -0.05) is 0 Å². The molecule has 2 N–H and O–H groups in total. The Bertz CT molecular complexity index is 1370. The molecule has 0 aliphatic carbocycles. The first kappa shape index (κ1) is 21.3. The predicted octanol–water partition coefficient (Wildman–Crippen LogP) is 3.47. The normalized spacial score (nSPS) is 18.8. The molecule has 3 aromatic heterocycles. The van der Waals surface area contributed by atoms with E-state index in [1.165, 1.54) is 6.07 Å². The highest BCUT2D eigenvalue weighted by Crippen LogP contribution is 2.29. The van der Waals surface area contributed by atoms with E-state index in [-0.39, 0.29) is 11.6 Å². The van der Waals surface area contributed by atoms with Crippen molar-refractivity contribution in [2.75, 3.05) is 23.3 Å². The minimum absolute atomic E-state index is 0.239. The summed E-state index contributed by atoms with van der Waals surface area (Å²) in [5.74, 6) is -0.862. The van der Waals surface area contributed by atoms with Crippen molar-refractivity contribution in [2.45, 2.75) is 39.8 Å². The van der Waals surface area contributed by atoms with Crippen LogP contribution in [0.2, 0.25) is 0 Å². The molecule has 1 aromatic carbocycles. The van der Waals surface area contributed by atoms with Gasteiger partial charge < -0.3 is 15.5 Å². The van der Waals surface area contributed by atoms with Crippen molar-refractivity contribution in [1.82, 2.24) is 24.7 Å². The van der Waals surface area contributed by atoms with Crippen LogP contribution >= 0.6 is 0 Å². The van der Waals surface area contributed by atoms with Crippen molar-refractivity contribution < 1.29 is 9.18 Å². The van der Waals surface area contributed by atoms with Crippen LogP contribution < -0.4 is 15.5 Å². The number of anilines is 2. The molecule has 2 atom stereocenters. The number of amides is 1. The predicted molar refractivity (Wildman–Crippen MR) is 126 cm³/mol. The topological polar surface area (TPSA) is 87.5 Å². The number of halogens is 1. The molecule has 170 valence electrons. The molecule has 8 nitrogen and oxygen atoms in total. The number of fused-ring (bicyclic) bond motifs is 2. The molecule has 0 spiro atoms. The van der Waals surface area contributed by atoms with E-state index in [1.807, 2.05) is 13.0 Å². The van der Waals surface area contributed by atoms with Gasteiger partial charge in [0.05, 0.1) is 22.6 Å². The molecule has 33 heavy (non-hydrogen) atoms. The second-order valence-corrected chi connectivity index (χ2v) is 8.78. The number of carbonyl (C=O) groups is 1. The third-order valence-corrected chi connectivity index (χ3v) is 6.06. The molecule has 1 aliphatic heterocycles. The van der Waals surface area contributed by atoms with Gasteiger partial charge in [-0.15, -0.1) is 0 Å². The van der Waals surface area contributed by atoms with Crippen molar-refractivity contribution in [1.29, 1.82) is 0 Å². The number of pyridine rings is 1. The van der Waals surface area contributed by atoms with E-state index in [0.29, 0.717) is 45.8 Å². The summed E-state index contributed by atoms with van der Waals surface area (Å²) in [6, 6.07) is 5.67. The van der Waals surface area contributed by atoms with Gasteiger partial charge in [-0.3, -0.25) is 19.2 Å². The first-order valence-electron chi connectivity index (χ1n) is 11.0. The van der Waals surface area contributed by atoms with Gasteiger partial charge in [0.15, 0.2) is 11.5 Å². The van der Waals surface area contributed by atoms with Gasteiger partial charge in [-0.25, -0.2) is 9.37 Å². The van der Waals surface area contributed by atoms with Gasteiger partial charge >= 0.3 is 0 Å². The van der Waals surface area contributed by atoms with Crippen molar-refractivity contribution in [3.8, 4) is 0 Å². The van der Waals surface area contributed by atoms with Crippen LogP contribution in [0.5, 0.6) is 0 Å². The average molecular weight is 448 g/mol. The maximum absolute atomic E-state index is 14.6. The largest absolute Gasteiger partial charge is 0.367 e. The fraction of sp³-hybridized carbons (Fsp3) is 0.333. The minimum Gasteiger partial charge on any atom is -0.367 e. The fourth-order valence-electron chi connectivity index (χ4n) is 4.67. The lowest BCUT2D eigenvalue weighted by Gasteiger charge is -2.38. The second-order valence-electron chi connectivity index (χ2n) is 8.78. The summed E-state index contributed by atoms with van der Waals surface area (Å²) < 4.78 is 16.2. The van der Waals surface area contributed by atoms with E-state index in [1.54, 1.807) is 36.0 Å². The summed E-state index contributed by atoms with van der Waals surface area (Å²) in [5.41, 5.74) is 4.55. The average Bonchev–Trinajstić information content (AvgIpc) is 3.18. The molecule has 9 heteroatoms. The Kier molecular flexibility index (Phi) is 5.20. The molecule has 5 rings (SSSR count). The van der Waals surface area contributed by atoms with Gasteiger partial charge in [0, 0.05) is 55.5 Å². The van der Waals surface area contributed by atoms with Crippen LogP contribution in [0.25, 0.3) is 16.7 Å². The summed E-state index contributed by atoms with van der Waals surface area (Å²) in [4.78, 5) is 28.8. The third-order valence-electron chi connectivity index (χ3n) is 6.06. The summed E-state index contributed by atoms with van der Waals surface area (Å²) in [6.07, 6.45) is 4.96. The van der Waals surface area contributed by atoms with E-state index in [2.05, 4.69) is 44.3 Å². The van der Waals surface area contributed by atoms with Crippen LogP contribution in [-0.2, 0) is 0 Å². The Balaban J connectivity index is 1.53.